The zero-order valence-electron chi connectivity index (χ0n) is 14.3. The fourth-order valence-corrected chi connectivity index (χ4v) is 2.40. The molecule has 3 aromatic rings. The fraction of sp³-hybridized carbons (Fsp3) is 0.150. The van der Waals surface area contributed by atoms with Crippen LogP contribution in [0.5, 0.6) is 0 Å². The number of nitrogens with zero attached hydrogens (tertiary/aromatic N) is 2. The third kappa shape index (κ3) is 4.64. The van der Waals surface area contributed by atoms with Crippen molar-refractivity contribution in [2.24, 2.45) is 0 Å². The number of anilines is 3. The third-order valence-corrected chi connectivity index (χ3v) is 3.92. The number of hydrogen-bond donors (Lipinski definition) is 2. The van der Waals surface area contributed by atoms with E-state index in [1.54, 1.807) is 12.1 Å². The molecule has 0 saturated carbocycles. The van der Waals surface area contributed by atoms with Crippen molar-refractivity contribution in [1.29, 1.82) is 0 Å². The molecule has 0 fully saturated rings. The Morgan fingerprint density at radius 3 is 2.28 bits per heavy atom. The van der Waals surface area contributed by atoms with Crippen molar-refractivity contribution >= 4 is 23.2 Å². The van der Waals surface area contributed by atoms with Crippen LogP contribution in [0.3, 0.4) is 0 Å². The van der Waals surface area contributed by atoms with Crippen LogP contribution in [0.1, 0.15) is 16.7 Å². The number of aromatic nitrogens is 2. The van der Waals surface area contributed by atoms with Gasteiger partial charge in [0, 0.05) is 5.69 Å². The van der Waals surface area contributed by atoms with Gasteiger partial charge in [0.1, 0.15) is 0 Å². The van der Waals surface area contributed by atoms with Crippen LogP contribution in [0.4, 0.5) is 17.3 Å². The molecule has 25 heavy (non-hydrogen) atoms. The highest BCUT2D eigenvalue weighted by Crippen LogP contribution is 2.18. The van der Waals surface area contributed by atoms with Gasteiger partial charge in [-0.25, -0.2) is 0 Å². The van der Waals surface area contributed by atoms with Crippen LogP contribution < -0.4 is 10.6 Å². The first-order valence-electron chi connectivity index (χ1n) is 8.12. The monoisotopic (exact) mass is 332 g/mol. The third-order valence-electron chi connectivity index (χ3n) is 3.92. The summed E-state index contributed by atoms with van der Waals surface area (Å²) in [6.07, 6.45) is 0.311. The van der Waals surface area contributed by atoms with E-state index < -0.39 is 0 Å². The number of benzene rings is 2. The van der Waals surface area contributed by atoms with E-state index in [0.29, 0.717) is 18.1 Å². The Morgan fingerprint density at radius 1 is 0.880 bits per heavy atom. The van der Waals surface area contributed by atoms with Crippen LogP contribution in [0.15, 0.2) is 60.7 Å². The van der Waals surface area contributed by atoms with E-state index in [9.17, 15) is 4.79 Å². The van der Waals surface area contributed by atoms with Gasteiger partial charge in [-0.2, -0.15) is 0 Å². The van der Waals surface area contributed by atoms with Crippen molar-refractivity contribution < 1.29 is 4.79 Å². The summed E-state index contributed by atoms with van der Waals surface area (Å²) in [7, 11) is 0. The molecule has 0 aliphatic heterocycles. The molecule has 0 spiro atoms. The molecule has 0 saturated heterocycles. The molecule has 0 unspecified atom stereocenters. The van der Waals surface area contributed by atoms with Crippen LogP contribution in [0, 0.1) is 13.8 Å². The molecular formula is C20H20N4O. The SMILES string of the molecule is Cc1ccc(Nc2ccc(NC(=O)Cc3ccccc3)nn2)cc1C. The number of rotatable bonds is 5. The van der Waals surface area contributed by atoms with Gasteiger partial charge in [-0.05, 0) is 54.8 Å². The number of carbonyl (C=O) groups is 1. The van der Waals surface area contributed by atoms with E-state index in [1.807, 2.05) is 36.4 Å². The number of carbonyl (C=O) groups excluding carboxylic acids is 1. The first kappa shape index (κ1) is 16.6. The largest absolute Gasteiger partial charge is 0.339 e. The molecule has 0 aliphatic rings. The molecule has 1 heterocycles. The van der Waals surface area contributed by atoms with Gasteiger partial charge in [0.05, 0.1) is 6.42 Å². The molecule has 1 aromatic heterocycles. The lowest BCUT2D eigenvalue weighted by Crippen LogP contribution is -2.15. The molecule has 1 amide bonds. The fourth-order valence-electron chi connectivity index (χ4n) is 2.40. The molecule has 126 valence electrons. The van der Waals surface area contributed by atoms with Crippen molar-refractivity contribution in [3.63, 3.8) is 0 Å². The summed E-state index contributed by atoms with van der Waals surface area (Å²) in [5, 5.41) is 14.1. The van der Waals surface area contributed by atoms with E-state index in [0.717, 1.165) is 11.3 Å². The molecule has 3 rings (SSSR count). The lowest BCUT2D eigenvalue weighted by atomic mass is 10.1. The zero-order chi connectivity index (χ0) is 17.6. The van der Waals surface area contributed by atoms with Gasteiger partial charge in [-0.15, -0.1) is 10.2 Å². The number of nitrogens with one attached hydrogen (secondary N) is 2. The molecule has 2 aromatic carbocycles. The summed E-state index contributed by atoms with van der Waals surface area (Å²) >= 11 is 0. The second-order valence-electron chi connectivity index (χ2n) is 5.94. The summed E-state index contributed by atoms with van der Waals surface area (Å²) in [5.41, 5.74) is 4.37. The van der Waals surface area contributed by atoms with Gasteiger partial charge >= 0.3 is 0 Å². The van der Waals surface area contributed by atoms with E-state index >= 15 is 0 Å². The Labute approximate surface area is 147 Å². The topological polar surface area (TPSA) is 66.9 Å². The number of hydrogen-bond acceptors (Lipinski definition) is 4. The Hall–Kier alpha value is -3.21. The molecule has 0 bridgehead atoms. The van der Waals surface area contributed by atoms with Gasteiger partial charge in [-0.3, -0.25) is 4.79 Å². The van der Waals surface area contributed by atoms with E-state index in [1.165, 1.54) is 11.1 Å². The average molecular weight is 332 g/mol. The zero-order valence-corrected chi connectivity index (χ0v) is 14.3. The average Bonchev–Trinajstić information content (AvgIpc) is 2.61. The Bertz CT molecular complexity index is 861. The van der Waals surface area contributed by atoms with Crippen LogP contribution in [0.2, 0.25) is 0 Å². The van der Waals surface area contributed by atoms with Gasteiger partial charge in [0.2, 0.25) is 5.91 Å². The van der Waals surface area contributed by atoms with Crippen molar-refractivity contribution in [3.05, 3.63) is 77.4 Å². The molecule has 5 heteroatoms. The molecule has 2 N–H and O–H groups in total. The number of aryl methyl sites for hydroxylation is 2. The van der Waals surface area contributed by atoms with Gasteiger partial charge < -0.3 is 10.6 Å². The highest BCUT2D eigenvalue weighted by molar-refractivity contribution is 5.91. The van der Waals surface area contributed by atoms with E-state index in [4.69, 9.17) is 0 Å². The summed E-state index contributed by atoms with van der Waals surface area (Å²) in [5.74, 6) is 0.950. The highest BCUT2D eigenvalue weighted by Gasteiger charge is 2.06. The lowest BCUT2D eigenvalue weighted by Gasteiger charge is -2.08. The van der Waals surface area contributed by atoms with Crippen molar-refractivity contribution in [1.82, 2.24) is 10.2 Å². The molecule has 5 nitrogen and oxygen atoms in total. The van der Waals surface area contributed by atoms with Crippen LogP contribution in [0.25, 0.3) is 0 Å². The van der Waals surface area contributed by atoms with Crippen molar-refractivity contribution in [2.45, 2.75) is 20.3 Å². The molecule has 0 atom stereocenters. The van der Waals surface area contributed by atoms with Crippen LogP contribution >= 0.6 is 0 Å². The maximum absolute atomic E-state index is 12.0. The molecular weight excluding hydrogens is 312 g/mol. The first-order valence-corrected chi connectivity index (χ1v) is 8.12. The second-order valence-corrected chi connectivity index (χ2v) is 5.94. The maximum atomic E-state index is 12.0. The lowest BCUT2D eigenvalue weighted by molar-refractivity contribution is -0.115. The van der Waals surface area contributed by atoms with Gasteiger partial charge in [-0.1, -0.05) is 36.4 Å². The van der Waals surface area contributed by atoms with Gasteiger partial charge in [0.15, 0.2) is 11.6 Å². The molecule has 0 aliphatic carbocycles. The van der Waals surface area contributed by atoms with Crippen LogP contribution in [-0.4, -0.2) is 16.1 Å². The first-order chi connectivity index (χ1) is 12.1. The summed E-state index contributed by atoms with van der Waals surface area (Å²) in [6, 6.07) is 19.2. The summed E-state index contributed by atoms with van der Waals surface area (Å²) in [4.78, 5) is 12.0. The standard InChI is InChI=1S/C20H20N4O/c1-14-8-9-17(12-15(14)2)21-18-10-11-19(24-23-18)22-20(25)13-16-6-4-3-5-7-16/h3-12H,13H2,1-2H3,(H,21,23)(H,22,24,25). The maximum Gasteiger partial charge on any atom is 0.229 e. The quantitative estimate of drug-likeness (QED) is 0.740. The Balaban J connectivity index is 1.60. The smallest absolute Gasteiger partial charge is 0.229 e. The minimum Gasteiger partial charge on any atom is -0.339 e. The summed E-state index contributed by atoms with van der Waals surface area (Å²) in [6.45, 7) is 4.14. The summed E-state index contributed by atoms with van der Waals surface area (Å²) < 4.78 is 0. The Morgan fingerprint density at radius 2 is 1.60 bits per heavy atom. The van der Waals surface area contributed by atoms with Crippen LogP contribution in [-0.2, 0) is 11.2 Å². The van der Waals surface area contributed by atoms with Gasteiger partial charge in [0.25, 0.3) is 0 Å². The van der Waals surface area contributed by atoms with E-state index in [-0.39, 0.29) is 5.91 Å². The van der Waals surface area contributed by atoms with E-state index in [2.05, 4.69) is 46.8 Å². The predicted octanol–water partition coefficient (Wildman–Crippen LogP) is 4.02. The predicted molar refractivity (Wildman–Crippen MR) is 100 cm³/mol. The van der Waals surface area contributed by atoms with Crippen molar-refractivity contribution in [3.8, 4) is 0 Å². The minimum atomic E-state index is -0.115. The Kier molecular flexibility index (Phi) is 5.04. The van der Waals surface area contributed by atoms with Crippen molar-refractivity contribution in [2.75, 3.05) is 10.6 Å². The minimum absolute atomic E-state index is 0.115. The second kappa shape index (κ2) is 7.57. The number of amides is 1. The highest BCUT2D eigenvalue weighted by atomic mass is 16.1. The molecule has 0 radical (unpaired) electrons. The normalized spacial score (nSPS) is 10.3.